The number of aromatic nitrogens is 1. The fourth-order valence-corrected chi connectivity index (χ4v) is 4.27. The molecular formula is C28H23N3O4. The first kappa shape index (κ1) is 22.2. The third-order valence-corrected chi connectivity index (χ3v) is 6.15. The van der Waals surface area contributed by atoms with Crippen LogP contribution in [0, 0.1) is 6.92 Å². The van der Waals surface area contributed by atoms with Gasteiger partial charge in [-0.1, -0.05) is 42.5 Å². The lowest BCUT2D eigenvalue weighted by atomic mass is 10.1. The van der Waals surface area contributed by atoms with Crippen LogP contribution in [0.25, 0.3) is 17.0 Å². The number of amides is 4. The largest absolute Gasteiger partial charge is 0.497 e. The van der Waals surface area contributed by atoms with Crippen LogP contribution in [0.4, 0.5) is 10.5 Å². The van der Waals surface area contributed by atoms with E-state index in [2.05, 4.69) is 28.9 Å². The Morgan fingerprint density at radius 1 is 0.914 bits per heavy atom. The molecule has 0 saturated carbocycles. The molecule has 0 radical (unpaired) electrons. The molecule has 7 nitrogen and oxygen atoms in total. The zero-order valence-corrected chi connectivity index (χ0v) is 19.3. The van der Waals surface area contributed by atoms with Gasteiger partial charge in [-0.2, -0.15) is 0 Å². The van der Waals surface area contributed by atoms with Gasteiger partial charge in [0.15, 0.2) is 0 Å². The van der Waals surface area contributed by atoms with Crippen LogP contribution in [0.2, 0.25) is 0 Å². The molecule has 0 atom stereocenters. The summed E-state index contributed by atoms with van der Waals surface area (Å²) in [6.07, 6.45) is 3.48. The van der Waals surface area contributed by atoms with Crippen LogP contribution in [0.15, 0.2) is 84.6 Å². The first-order chi connectivity index (χ1) is 17.0. The summed E-state index contributed by atoms with van der Waals surface area (Å²) in [6, 6.07) is 21.7. The Balaban J connectivity index is 1.56. The van der Waals surface area contributed by atoms with Gasteiger partial charge in [-0.15, -0.1) is 0 Å². The summed E-state index contributed by atoms with van der Waals surface area (Å²) in [5.74, 6) is -0.813. The molecule has 0 unspecified atom stereocenters. The van der Waals surface area contributed by atoms with Crippen LogP contribution >= 0.6 is 0 Å². The second kappa shape index (κ2) is 8.95. The predicted octanol–water partition coefficient (Wildman–Crippen LogP) is 4.67. The first-order valence-electron chi connectivity index (χ1n) is 11.1. The summed E-state index contributed by atoms with van der Waals surface area (Å²) in [5.41, 5.74) is 4.29. The molecule has 2 heterocycles. The first-order valence-corrected chi connectivity index (χ1v) is 11.1. The maximum Gasteiger partial charge on any atom is 0.335 e. The maximum absolute atomic E-state index is 13.3. The van der Waals surface area contributed by atoms with E-state index in [4.69, 9.17) is 4.74 Å². The number of aryl methyl sites for hydroxylation is 1. The third kappa shape index (κ3) is 4.08. The number of para-hydroxylation sites is 1. The monoisotopic (exact) mass is 465 g/mol. The highest BCUT2D eigenvalue weighted by atomic mass is 16.5. The van der Waals surface area contributed by atoms with Crippen LogP contribution in [0.5, 0.6) is 5.75 Å². The number of anilines is 1. The Labute approximate surface area is 202 Å². The van der Waals surface area contributed by atoms with E-state index >= 15 is 0 Å². The smallest absolute Gasteiger partial charge is 0.335 e. The number of carbonyl (C=O) groups excluding carboxylic acids is 3. The molecule has 1 aromatic heterocycles. The Bertz CT molecular complexity index is 1500. The van der Waals surface area contributed by atoms with Crippen molar-refractivity contribution in [3.63, 3.8) is 0 Å². The van der Waals surface area contributed by atoms with E-state index in [1.54, 1.807) is 30.3 Å². The van der Waals surface area contributed by atoms with Gasteiger partial charge in [-0.25, -0.2) is 9.69 Å². The number of fused-ring (bicyclic) bond motifs is 1. The van der Waals surface area contributed by atoms with Crippen LogP contribution in [-0.2, 0) is 16.1 Å². The fraction of sp³-hybridized carbons (Fsp3) is 0.107. The lowest BCUT2D eigenvalue weighted by molar-refractivity contribution is -0.122. The van der Waals surface area contributed by atoms with Crippen LogP contribution in [-0.4, -0.2) is 29.5 Å². The molecule has 35 heavy (non-hydrogen) atoms. The number of urea groups is 1. The Morgan fingerprint density at radius 3 is 2.37 bits per heavy atom. The molecule has 3 aromatic carbocycles. The molecule has 0 spiro atoms. The lowest BCUT2D eigenvalue weighted by Gasteiger charge is -2.26. The van der Waals surface area contributed by atoms with E-state index in [1.165, 1.54) is 18.2 Å². The SMILES string of the molecule is COc1ccc(N2C(=O)NC(=O)/C(=C\c3cn(Cc4ccccc4C)c4ccccc34)C2=O)cc1. The molecule has 1 saturated heterocycles. The average molecular weight is 466 g/mol. The number of benzene rings is 3. The summed E-state index contributed by atoms with van der Waals surface area (Å²) in [7, 11) is 1.53. The highest BCUT2D eigenvalue weighted by Crippen LogP contribution is 2.28. The summed E-state index contributed by atoms with van der Waals surface area (Å²) in [5, 5.41) is 3.18. The Morgan fingerprint density at radius 2 is 1.63 bits per heavy atom. The van der Waals surface area contributed by atoms with Gasteiger partial charge >= 0.3 is 6.03 Å². The van der Waals surface area contributed by atoms with E-state index in [-0.39, 0.29) is 5.57 Å². The van der Waals surface area contributed by atoms with Crippen molar-refractivity contribution >= 4 is 40.5 Å². The van der Waals surface area contributed by atoms with E-state index in [9.17, 15) is 14.4 Å². The number of hydrogen-bond donors (Lipinski definition) is 1. The molecule has 1 aliphatic heterocycles. The summed E-state index contributed by atoms with van der Waals surface area (Å²) in [6.45, 7) is 2.71. The van der Waals surface area contributed by atoms with Gasteiger partial charge in [0.2, 0.25) is 0 Å². The minimum atomic E-state index is -0.788. The predicted molar refractivity (Wildman–Crippen MR) is 134 cm³/mol. The van der Waals surface area contributed by atoms with Crippen molar-refractivity contribution < 1.29 is 19.1 Å². The number of nitrogens with one attached hydrogen (secondary N) is 1. The van der Waals surface area contributed by atoms with Gasteiger partial charge in [0.05, 0.1) is 12.8 Å². The Kier molecular flexibility index (Phi) is 5.66. The van der Waals surface area contributed by atoms with Crippen LogP contribution < -0.4 is 15.0 Å². The molecule has 4 amide bonds. The molecule has 7 heteroatoms. The van der Waals surface area contributed by atoms with Crippen LogP contribution in [0.1, 0.15) is 16.7 Å². The van der Waals surface area contributed by atoms with Gasteiger partial charge in [0.25, 0.3) is 11.8 Å². The lowest BCUT2D eigenvalue weighted by Crippen LogP contribution is -2.54. The van der Waals surface area contributed by atoms with Crippen molar-refractivity contribution in [3.8, 4) is 5.75 Å². The fourth-order valence-electron chi connectivity index (χ4n) is 4.27. The summed E-state index contributed by atoms with van der Waals surface area (Å²) < 4.78 is 7.25. The number of hydrogen-bond acceptors (Lipinski definition) is 4. The molecule has 5 rings (SSSR count). The van der Waals surface area contributed by atoms with E-state index in [0.717, 1.165) is 21.4 Å². The number of carbonyl (C=O) groups is 3. The zero-order valence-electron chi connectivity index (χ0n) is 19.3. The minimum absolute atomic E-state index is 0.112. The second-order valence-corrected chi connectivity index (χ2v) is 8.31. The highest BCUT2D eigenvalue weighted by Gasteiger charge is 2.37. The van der Waals surface area contributed by atoms with Crippen molar-refractivity contribution in [1.29, 1.82) is 0 Å². The topological polar surface area (TPSA) is 80.6 Å². The van der Waals surface area contributed by atoms with E-state index in [1.807, 2.05) is 42.6 Å². The van der Waals surface area contributed by atoms with Crippen molar-refractivity contribution in [2.24, 2.45) is 0 Å². The van der Waals surface area contributed by atoms with E-state index in [0.29, 0.717) is 18.0 Å². The molecular weight excluding hydrogens is 442 g/mol. The number of ether oxygens (including phenoxy) is 1. The van der Waals surface area contributed by atoms with Crippen molar-refractivity contribution in [2.75, 3.05) is 12.0 Å². The second-order valence-electron chi connectivity index (χ2n) is 8.31. The number of rotatable bonds is 5. The van der Waals surface area contributed by atoms with Crippen LogP contribution in [0.3, 0.4) is 0 Å². The minimum Gasteiger partial charge on any atom is -0.497 e. The number of methoxy groups -OCH3 is 1. The van der Waals surface area contributed by atoms with Gasteiger partial charge in [0, 0.05) is 29.2 Å². The highest BCUT2D eigenvalue weighted by molar-refractivity contribution is 6.39. The molecule has 1 N–H and O–H groups in total. The maximum atomic E-state index is 13.3. The van der Waals surface area contributed by atoms with Gasteiger partial charge < -0.3 is 9.30 Å². The van der Waals surface area contributed by atoms with Gasteiger partial charge in [-0.05, 0) is 54.5 Å². The Hall–Kier alpha value is -4.65. The van der Waals surface area contributed by atoms with E-state index < -0.39 is 17.8 Å². The van der Waals surface area contributed by atoms with Gasteiger partial charge in [-0.3, -0.25) is 14.9 Å². The van der Waals surface area contributed by atoms with Crippen molar-refractivity contribution in [2.45, 2.75) is 13.5 Å². The molecule has 4 aromatic rings. The standard InChI is InChI=1S/C28H23N3O4/c1-18-7-3-4-8-19(18)16-30-17-20(23-9-5-6-10-25(23)30)15-24-26(32)29-28(34)31(27(24)33)21-11-13-22(35-2)14-12-21/h3-15,17H,16H2,1-2H3,(H,29,32,34)/b24-15+. The zero-order chi connectivity index (χ0) is 24.5. The molecule has 174 valence electrons. The normalized spacial score (nSPS) is 15.1. The number of nitrogens with zero attached hydrogens (tertiary/aromatic N) is 2. The number of barbiturate groups is 1. The summed E-state index contributed by atoms with van der Waals surface area (Å²) >= 11 is 0. The molecule has 0 aliphatic carbocycles. The molecule has 1 fully saturated rings. The quantitative estimate of drug-likeness (QED) is 0.343. The van der Waals surface area contributed by atoms with Crippen molar-refractivity contribution in [1.82, 2.24) is 9.88 Å². The van der Waals surface area contributed by atoms with Crippen molar-refractivity contribution in [3.05, 3.63) is 101 Å². The van der Waals surface area contributed by atoms with Gasteiger partial charge in [0.1, 0.15) is 11.3 Å². The summed E-state index contributed by atoms with van der Waals surface area (Å²) in [4.78, 5) is 39.5. The third-order valence-electron chi connectivity index (χ3n) is 6.15. The molecule has 0 bridgehead atoms. The molecule has 1 aliphatic rings. The average Bonchev–Trinajstić information content (AvgIpc) is 3.20. The number of imide groups is 2.